The molecular formula is C21H20N2O5. The van der Waals surface area contributed by atoms with Gasteiger partial charge in [0.2, 0.25) is 6.10 Å². The van der Waals surface area contributed by atoms with Crippen LogP contribution in [-0.4, -0.2) is 49.7 Å². The van der Waals surface area contributed by atoms with E-state index in [1.807, 2.05) is 12.1 Å². The van der Waals surface area contributed by atoms with Crippen LogP contribution in [0.2, 0.25) is 0 Å². The molecule has 7 nitrogen and oxygen atoms in total. The maximum Gasteiger partial charge on any atom is 0.345 e. The molecule has 0 N–H and O–H groups in total. The number of hydrogen-bond donors (Lipinski definition) is 0. The van der Waals surface area contributed by atoms with E-state index in [1.165, 1.54) is 0 Å². The first kappa shape index (κ1) is 19.4. The monoisotopic (exact) mass is 380 g/mol. The Labute approximate surface area is 163 Å². The molecule has 1 aliphatic rings. The number of rotatable bonds is 6. The fourth-order valence-corrected chi connectivity index (χ4v) is 2.77. The maximum atomic E-state index is 12.9. The number of esters is 1. The lowest BCUT2D eigenvalue weighted by atomic mass is 10.1. The molecule has 0 unspecified atom stereocenters. The third-order valence-corrected chi connectivity index (χ3v) is 4.24. The predicted octanol–water partition coefficient (Wildman–Crippen LogP) is 2.08. The van der Waals surface area contributed by atoms with E-state index in [0.717, 1.165) is 0 Å². The molecule has 2 aromatic carbocycles. The van der Waals surface area contributed by atoms with Gasteiger partial charge in [-0.2, -0.15) is 5.26 Å². The quantitative estimate of drug-likeness (QED) is 0.713. The number of nitrogens with zero attached hydrogens (tertiary/aromatic N) is 2. The number of carbonyl (C=O) groups is 2. The van der Waals surface area contributed by atoms with E-state index in [1.54, 1.807) is 53.4 Å². The third kappa shape index (κ3) is 5.09. The fraction of sp³-hybridized carbons (Fsp3) is 0.286. The Hall–Kier alpha value is -3.37. The second-order valence-electron chi connectivity index (χ2n) is 6.14. The van der Waals surface area contributed by atoms with Crippen molar-refractivity contribution in [1.29, 1.82) is 5.26 Å². The van der Waals surface area contributed by atoms with Crippen molar-refractivity contribution in [1.82, 2.24) is 4.90 Å². The van der Waals surface area contributed by atoms with Gasteiger partial charge in [-0.15, -0.1) is 0 Å². The molecule has 1 fully saturated rings. The topological polar surface area (TPSA) is 88.9 Å². The van der Waals surface area contributed by atoms with E-state index < -0.39 is 12.1 Å². The summed E-state index contributed by atoms with van der Waals surface area (Å²) in [6.45, 7) is 1.50. The standard InChI is InChI=1S/C21H20N2O5/c22-14-16-6-8-18(9-7-16)27-15-19(24)28-20(17-4-2-1-3-5-17)21(25)23-10-12-26-13-11-23/h1-9,20H,10-13,15H2/t20-/m0/s1. The molecular weight excluding hydrogens is 360 g/mol. The molecule has 7 heteroatoms. The number of hydrogen-bond acceptors (Lipinski definition) is 6. The molecule has 0 aliphatic carbocycles. The molecule has 0 saturated carbocycles. The lowest BCUT2D eigenvalue weighted by Gasteiger charge is -2.30. The van der Waals surface area contributed by atoms with E-state index >= 15 is 0 Å². The summed E-state index contributed by atoms with van der Waals surface area (Å²) in [7, 11) is 0. The molecule has 1 saturated heterocycles. The molecule has 0 spiro atoms. The van der Waals surface area contributed by atoms with Crippen LogP contribution >= 0.6 is 0 Å². The van der Waals surface area contributed by atoms with E-state index in [4.69, 9.17) is 19.5 Å². The largest absolute Gasteiger partial charge is 0.482 e. The highest BCUT2D eigenvalue weighted by Gasteiger charge is 2.30. The summed E-state index contributed by atoms with van der Waals surface area (Å²) in [5.41, 5.74) is 1.10. The van der Waals surface area contributed by atoms with Crippen molar-refractivity contribution in [2.24, 2.45) is 0 Å². The normalized spacial score (nSPS) is 14.6. The van der Waals surface area contributed by atoms with E-state index in [0.29, 0.717) is 43.2 Å². The summed E-state index contributed by atoms with van der Waals surface area (Å²) < 4.78 is 16.1. The Bertz CT molecular complexity index is 839. The average molecular weight is 380 g/mol. The summed E-state index contributed by atoms with van der Waals surface area (Å²) in [6, 6.07) is 17.3. The predicted molar refractivity (Wildman–Crippen MR) is 99.3 cm³/mol. The van der Waals surface area contributed by atoms with Gasteiger partial charge in [-0.3, -0.25) is 4.79 Å². The average Bonchev–Trinajstić information content (AvgIpc) is 2.77. The van der Waals surface area contributed by atoms with Gasteiger partial charge in [0.25, 0.3) is 5.91 Å². The van der Waals surface area contributed by atoms with Gasteiger partial charge < -0.3 is 19.1 Å². The minimum atomic E-state index is -1.03. The van der Waals surface area contributed by atoms with Crippen LogP contribution in [0.5, 0.6) is 5.75 Å². The Kier molecular flexibility index (Phi) is 6.60. The summed E-state index contributed by atoms with van der Waals surface area (Å²) in [4.78, 5) is 26.9. The zero-order valence-corrected chi connectivity index (χ0v) is 15.2. The highest BCUT2D eigenvalue weighted by atomic mass is 16.6. The highest BCUT2D eigenvalue weighted by molar-refractivity contribution is 5.85. The Morgan fingerprint density at radius 2 is 1.75 bits per heavy atom. The number of nitriles is 1. The van der Waals surface area contributed by atoms with Gasteiger partial charge in [-0.1, -0.05) is 30.3 Å². The van der Waals surface area contributed by atoms with Crippen molar-refractivity contribution in [2.45, 2.75) is 6.10 Å². The molecule has 1 heterocycles. The molecule has 144 valence electrons. The zero-order valence-electron chi connectivity index (χ0n) is 15.2. The van der Waals surface area contributed by atoms with Gasteiger partial charge in [0.15, 0.2) is 6.61 Å². The second kappa shape index (κ2) is 9.53. The van der Waals surface area contributed by atoms with Crippen LogP contribution in [0, 0.1) is 11.3 Å². The Morgan fingerprint density at radius 1 is 1.07 bits per heavy atom. The molecule has 1 atom stereocenters. The first-order valence-electron chi connectivity index (χ1n) is 8.91. The van der Waals surface area contributed by atoms with E-state index in [-0.39, 0.29) is 12.5 Å². The SMILES string of the molecule is N#Cc1ccc(OCC(=O)O[C@H](C(=O)N2CCOCC2)c2ccccc2)cc1. The lowest BCUT2D eigenvalue weighted by molar-refractivity contribution is -0.164. The number of morpholine rings is 1. The summed E-state index contributed by atoms with van der Waals surface area (Å²) in [6.07, 6.45) is -1.03. The van der Waals surface area contributed by atoms with Crippen LogP contribution in [0.25, 0.3) is 0 Å². The molecule has 2 aromatic rings. The molecule has 28 heavy (non-hydrogen) atoms. The third-order valence-electron chi connectivity index (χ3n) is 4.24. The fourth-order valence-electron chi connectivity index (χ4n) is 2.77. The van der Waals surface area contributed by atoms with Crippen LogP contribution in [0.3, 0.4) is 0 Å². The van der Waals surface area contributed by atoms with Gasteiger partial charge >= 0.3 is 5.97 Å². The van der Waals surface area contributed by atoms with E-state index in [9.17, 15) is 9.59 Å². The van der Waals surface area contributed by atoms with E-state index in [2.05, 4.69) is 0 Å². The molecule has 0 aromatic heterocycles. The number of ether oxygens (including phenoxy) is 3. The smallest absolute Gasteiger partial charge is 0.345 e. The first-order chi connectivity index (χ1) is 13.7. The molecule has 1 amide bonds. The summed E-state index contributed by atoms with van der Waals surface area (Å²) in [5, 5.41) is 8.80. The molecule has 1 aliphatic heterocycles. The summed E-state index contributed by atoms with van der Waals surface area (Å²) >= 11 is 0. The van der Waals surface area contributed by atoms with Gasteiger partial charge in [-0.05, 0) is 24.3 Å². The second-order valence-corrected chi connectivity index (χ2v) is 6.14. The first-order valence-corrected chi connectivity index (χ1v) is 8.91. The van der Waals surface area contributed by atoms with Crippen LogP contribution in [0.15, 0.2) is 54.6 Å². The van der Waals surface area contributed by atoms with Crippen molar-refractivity contribution in [3.8, 4) is 11.8 Å². The Morgan fingerprint density at radius 3 is 2.39 bits per heavy atom. The van der Waals surface area contributed by atoms with Crippen LogP contribution in [-0.2, 0) is 19.1 Å². The minimum Gasteiger partial charge on any atom is -0.482 e. The van der Waals surface area contributed by atoms with Crippen molar-refractivity contribution in [2.75, 3.05) is 32.9 Å². The van der Waals surface area contributed by atoms with Crippen molar-refractivity contribution >= 4 is 11.9 Å². The van der Waals surface area contributed by atoms with Crippen LogP contribution in [0.4, 0.5) is 0 Å². The van der Waals surface area contributed by atoms with Crippen LogP contribution in [0.1, 0.15) is 17.2 Å². The summed E-state index contributed by atoms with van der Waals surface area (Å²) in [5.74, 6) is -0.493. The molecule has 0 bridgehead atoms. The molecule has 3 rings (SSSR count). The van der Waals surface area contributed by atoms with Crippen molar-refractivity contribution in [3.63, 3.8) is 0 Å². The number of carbonyl (C=O) groups excluding carboxylic acids is 2. The highest BCUT2D eigenvalue weighted by Crippen LogP contribution is 2.21. The number of benzene rings is 2. The minimum absolute atomic E-state index is 0.277. The Balaban J connectivity index is 1.65. The van der Waals surface area contributed by atoms with Gasteiger partial charge in [-0.25, -0.2) is 4.79 Å². The van der Waals surface area contributed by atoms with Gasteiger partial charge in [0, 0.05) is 18.7 Å². The van der Waals surface area contributed by atoms with Gasteiger partial charge in [0.1, 0.15) is 5.75 Å². The lowest BCUT2D eigenvalue weighted by Crippen LogP contribution is -2.44. The zero-order chi connectivity index (χ0) is 19.8. The maximum absolute atomic E-state index is 12.9. The van der Waals surface area contributed by atoms with Crippen LogP contribution < -0.4 is 4.74 Å². The van der Waals surface area contributed by atoms with Crippen molar-refractivity contribution in [3.05, 3.63) is 65.7 Å². The van der Waals surface area contributed by atoms with Crippen molar-refractivity contribution < 1.29 is 23.8 Å². The number of amides is 1. The molecule has 0 radical (unpaired) electrons. The van der Waals surface area contributed by atoms with Gasteiger partial charge in [0.05, 0.1) is 24.8 Å².